The Bertz CT molecular complexity index is 471. The molecule has 110 valence electrons. The van der Waals surface area contributed by atoms with Crippen LogP contribution in [0.1, 0.15) is 76.3 Å². The standard InChI is InChI=1S/C19H29N/c1-18(2,3)15-10-8-14(9-11-15)16-6-4-5-7-17(16)19(20)12-13-19/h4-7,14-15H,8-13,20H2,1-3H3. The quantitative estimate of drug-likeness (QED) is 0.809. The van der Waals surface area contributed by atoms with Crippen molar-refractivity contribution in [2.45, 2.75) is 70.8 Å². The van der Waals surface area contributed by atoms with E-state index in [2.05, 4.69) is 45.0 Å². The Kier molecular flexibility index (Phi) is 3.44. The molecule has 0 saturated heterocycles. The molecule has 2 N–H and O–H groups in total. The minimum Gasteiger partial charge on any atom is -0.321 e. The van der Waals surface area contributed by atoms with E-state index in [4.69, 9.17) is 5.73 Å². The summed E-state index contributed by atoms with van der Waals surface area (Å²) in [4.78, 5) is 0. The van der Waals surface area contributed by atoms with E-state index in [1.165, 1.54) is 44.1 Å². The highest BCUT2D eigenvalue weighted by Gasteiger charge is 2.42. The molecule has 20 heavy (non-hydrogen) atoms. The zero-order valence-corrected chi connectivity index (χ0v) is 13.3. The average molecular weight is 271 g/mol. The van der Waals surface area contributed by atoms with E-state index in [9.17, 15) is 0 Å². The first-order valence-corrected chi connectivity index (χ1v) is 8.28. The van der Waals surface area contributed by atoms with Crippen LogP contribution in [0.5, 0.6) is 0 Å². The third-order valence-corrected chi connectivity index (χ3v) is 5.68. The number of benzene rings is 1. The zero-order valence-electron chi connectivity index (χ0n) is 13.3. The maximum atomic E-state index is 6.47. The maximum absolute atomic E-state index is 6.47. The van der Waals surface area contributed by atoms with Crippen LogP contribution in [0.4, 0.5) is 0 Å². The first-order chi connectivity index (χ1) is 9.40. The second kappa shape index (κ2) is 4.87. The van der Waals surface area contributed by atoms with Gasteiger partial charge in [-0.3, -0.25) is 0 Å². The van der Waals surface area contributed by atoms with Gasteiger partial charge in [-0.15, -0.1) is 0 Å². The van der Waals surface area contributed by atoms with Crippen molar-refractivity contribution in [3.63, 3.8) is 0 Å². The highest BCUT2D eigenvalue weighted by atomic mass is 14.8. The lowest BCUT2D eigenvalue weighted by Gasteiger charge is -2.38. The second-order valence-corrected chi connectivity index (χ2v) is 8.16. The van der Waals surface area contributed by atoms with Crippen LogP contribution in [-0.4, -0.2) is 0 Å². The Morgan fingerprint density at radius 1 is 1.00 bits per heavy atom. The third kappa shape index (κ3) is 2.65. The molecule has 1 aromatic carbocycles. The number of rotatable bonds is 2. The summed E-state index contributed by atoms with van der Waals surface area (Å²) in [5.74, 6) is 1.63. The lowest BCUT2D eigenvalue weighted by atomic mass is 9.68. The predicted octanol–water partition coefficient (Wildman–Crippen LogP) is 4.95. The number of hydrogen-bond acceptors (Lipinski definition) is 1. The molecule has 0 unspecified atom stereocenters. The van der Waals surface area contributed by atoms with E-state index >= 15 is 0 Å². The summed E-state index contributed by atoms with van der Waals surface area (Å²) in [5, 5.41) is 0. The zero-order chi connectivity index (χ0) is 14.4. The van der Waals surface area contributed by atoms with E-state index in [-0.39, 0.29) is 5.54 Å². The highest BCUT2D eigenvalue weighted by Crippen LogP contribution is 2.49. The van der Waals surface area contributed by atoms with Gasteiger partial charge in [-0.25, -0.2) is 0 Å². The summed E-state index contributed by atoms with van der Waals surface area (Å²) in [6.45, 7) is 7.18. The van der Waals surface area contributed by atoms with E-state index in [1.54, 1.807) is 5.56 Å². The Balaban J connectivity index is 1.76. The molecular formula is C19H29N. The predicted molar refractivity (Wildman–Crippen MR) is 85.7 cm³/mol. The number of nitrogens with two attached hydrogens (primary N) is 1. The van der Waals surface area contributed by atoms with Crippen molar-refractivity contribution < 1.29 is 0 Å². The van der Waals surface area contributed by atoms with Crippen molar-refractivity contribution in [1.82, 2.24) is 0 Å². The van der Waals surface area contributed by atoms with Gasteiger partial charge in [-0.2, -0.15) is 0 Å². The molecule has 2 fully saturated rings. The third-order valence-electron chi connectivity index (χ3n) is 5.68. The van der Waals surface area contributed by atoms with Crippen molar-refractivity contribution in [3.8, 4) is 0 Å². The van der Waals surface area contributed by atoms with Crippen LogP contribution in [0.2, 0.25) is 0 Å². The normalized spacial score (nSPS) is 29.2. The van der Waals surface area contributed by atoms with Gasteiger partial charge in [0.1, 0.15) is 0 Å². The summed E-state index contributed by atoms with van der Waals surface area (Å²) in [6.07, 6.45) is 7.77. The van der Waals surface area contributed by atoms with Crippen LogP contribution in [0.3, 0.4) is 0 Å². The van der Waals surface area contributed by atoms with Crippen LogP contribution < -0.4 is 5.73 Å². The van der Waals surface area contributed by atoms with Crippen molar-refractivity contribution in [1.29, 1.82) is 0 Å². The Labute approximate surface area is 124 Å². The minimum absolute atomic E-state index is 0.0114. The molecule has 0 atom stereocenters. The maximum Gasteiger partial charge on any atom is 0.0414 e. The molecule has 0 radical (unpaired) electrons. The summed E-state index contributed by atoms with van der Waals surface area (Å²) in [5.41, 5.74) is 9.95. The Morgan fingerprint density at radius 2 is 1.60 bits per heavy atom. The van der Waals surface area contributed by atoms with Gasteiger partial charge in [0.05, 0.1) is 0 Å². The molecule has 0 aromatic heterocycles. The fourth-order valence-corrected chi connectivity index (χ4v) is 3.98. The first kappa shape index (κ1) is 14.1. The minimum atomic E-state index is 0.0114. The molecule has 1 aromatic rings. The van der Waals surface area contributed by atoms with Gasteiger partial charge >= 0.3 is 0 Å². The van der Waals surface area contributed by atoms with Crippen LogP contribution in [0, 0.1) is 11.3 Å². The lowest BCUT2D eigenvalue weighted by molar-refractivity contribution is 0.169. The monoisotopic (exact) mass is 271 g/mol. The summed E-state index contributed by atoms with van der Waals surface area (Å²) in [6, 6.07) is 8.97. The van der Waals surface area contributed by atoms with Gasteiger partial charge in [-0.05, 0) is 66.9 Å². The summed E-state index contributed by atoms with van der Waals surface area (Å²) < 4.78 is 0. The van der Waals surface area contributed by atoms with Gasteiger partial charge in [-0.1, -0.05) is 45.0 Å². The van der Waals surface area contributed by atoms with E-state index < -0.39 is 0 Å². The molecule has 1 nitrogen and oxygen atoms in total. The molecule has 2 aliphatic rings. The van der Waals surface area contributed by atoms with E-state index in [1.807, 2.05) is 0 Å². The van der Waals surface area contributed by atoms with Crippen LogP contribution in [0.25, 0.3) is 0 Å². The molecule has 2 saturated carbocycles. The topological polar surface area (TPSA) is 26.0 Å². The summed E-state index contributed by atoms with van der Waals surface area (Å²) in [7, 11) is 0. The lowest BCUT2D eigenvalue weighted by Crippen LogP contribution is -2.27. The molecule has 0 heterocycles. The van der Waals surface area contributed by atoms with Crippen LogP contribution in [0.15, 0.2) is 24.3 Å². The fourth-order valence-electron chi connectivity index (χ4n) is 3.98. The fraction of sp³-hybridized carbons (Fsp3) is 0.684. The molecule has 0 amide bonds. The van der Waals surface area contributed by atoms with Crippen molar-refractivity contribution in [2.75, 3.05) is 0 Å². The van der Waals surface area contributed by atoms with Crippen molar-refractivity contribution in [2.24, 2.45) is 17.1 Å². The van der Waals surface area contributed by atoms with Gasteiger partial charge in [0.2, 0.25) is 0 Å². The van der Waals surface area contributed by atoms with Crippen LogP contribution >= 0.6 is 0 Å². The van der Waals surface area contributed by atoms with Gasteiger partial charge in [0.15, 0.2) is 0 Å². The van der Waals surface area contributed by atoms with Gasteiger partial charge in [0, 0.05) is 5.54 Å². The van der Waals surface area contributed by atoms with Crippen molar-refractivity contribution in [3.05, 3.63) is 35.4 Å². The summed E-state index contributed by atoms with van der Waals surface area (Å²) >= 11 is 0. The Hall–Kier alpha value is -0.820. The van der Waals surface area contributed by atoms with Gasteiger partial charge < -0.3 is 5.73 Å². The average Bonchev–Trinajstić information content (AvgIpc) is 3.17. The highest BCUT2D eigenvalue weighted by molar-refractivity contribution is 5.39. The van der Waals surface area contributed by atoms with Gasteiger partial charge in [0.25, 0.3) is 0 Å². The first-order valence-electron chi connectivity index (χ1n) is 8.28. The molecule has 1 heteroatoms. The molecule has 0 aliphatic heterocycles. The Morgan fingerprint density at radius 3 is 2.15 bits per heavy atom. The SMILES string of the molecule is CC(C)(C)C1CCC(c2ccccc2C2(N)CC2)CC1. The molecule has 0 bridgehead atoms. The van der Waals surface area contributed by atoms with Crippen molar-refractivity contribution >= 4 is 0 Å². The smallest absolute Gasteiger partial charge is 0.0414 e. The molecule has 3 rings (SSSR count). The van der Waals surface area contributed by atoms with Crippen LogP contribution in [-0.2, 0) is 5.54 Å². The molecule has 2 aliphatic carbocycles. The van der Waals surface area contributed by atoms with E-state index in [0.29, 0.717) is 5.41 Å². The molecule has 0 spiro atoms. The largest absolute Gasteiger partial charge is 0.321 e. The molecular weight excluding hydrogens is 242 g/mol. The second-order valence-electron chi connectivity index (χ2n) is 8.16. The van der Waals surface area contributed by atoms with E-state index in [0.717, 1.165) is 11.8 Å². The number of hydrogen-bond donors (Lipinski definition) is 1.